The molecular formula is C21H24N4O5. The zero-order chi connectivity index (χ0) is 22.0. The van der Waals surface area contributed by atoms with Crippen molar-refractivity contribution in [1.29, 1.82) is 0 Å². The molecule has 1 aliphatic heterocycles. The van der Waals surface area contributed by atoms with E-state index in [1.165, 1.54) is 10.9 Å². The van der Waals surface area contributed by atoms with Crippen molar-refractivity contribution in [3.8, 4) is 0 Å². The van der Waals surface area contributed by atoms with E-state index in [1.807, 2.05) is 13.8 Å². The van der Waals surface area contributed by atoms with Gasteiger partial charge in [0, 0.05) is 7.05 Å². The van der Waals surface area contributed by atoms with Crippen LogP contribution >= 0.6 is 0 Å². The van der Waals surface area contributed by atoms with E-state index >= 15 is 0 Å². The highest BCUT2D eigenvalue weighted by atomic mass is 16.5. The van der Waals surface area contributed by atoms with E-state index in [1.54, 1.807) is 38.2 Å². The van der Waals surface area contributed by atoms with Gasteiger partial charge >= 0.3 is 5.97 Å². The number of fused-ring (bicyclic) bond motifs is 1. The normalized spacial score (nSPS) is 14.1. The van der Waals surface area contributed by atoms with E-state index in [9.17, 15) is 19.2 Å². The average molecular weight is 412 g/mol. The molecule has 0 fully saturated rings. The fourth-order valence-corrected chi connectivity index (χ4v) is 3.41. The maximum atomic E-state index is 13.2. The van der Waals surface area contributed by atoms with E-state index < -0.39 is 29.7 Å². The van der Waals surface area contributed by atoms with Gasteiger partial charge in [-0.2, -0.15) is 5.10 Å². The van der Waals surface area contributed by atoms with Crippen molar-refractivity contribution in [3.63, 3.8) is 0 Å². The first-order valence-electron chi connectivity index (χ1n) is 9.73. The Morgan fingerprint density at radius 2 is 1.73 bits per heavy atom. The van der Waals surface area contributed by atoms with Crippen molar-refractivity contribution in [1.82, 2.24) is 14.7 Å². The van der Waals surface area contributed by atoms with E-state index in [2.05, 4.69) is 10.4 Å². The van der Waals surface area contributed by atoms with Gasteiger partial charge in [-0.15, -0.1) is 0 Å². The summed E-state index contributed by atoms with van der Waals surface area (Å²) in [5, 5.41) is 6.67. The van der Waals surface area contributed by atoms with Crippen molar-refractivity contribution in [2.75, 3.05) is 11.9 Å². The summed E-state index contributed by atoms with van der Waals surface area (Å²) in [4.78, 5) is 52.2. The minimum absolute atomic E-state index is 0.0288. The number of carbonyl (C=O) groups is 4. The van der Waals surface area contributed by atoms with Crippen LogP contribution in [0.4, 0.5) is 5.82 Å². The van der Waals surface area contributed by atoms with Crippen LogP contribution in [0.25, 0.3) is 0 Å². The molecule has 1 aromatic carbocycles. The van der Waals surface area contributed by atoms with Gasteiger partial charge in [-0.25, -0.2) is 4.79 Å². The number of imide groups is 1. The largest absolute Gasteiger partial charge is 0.462 e. The maximum absolute atomic E-state index is 13.2. The molecule has 0 saturated carbocycles. The van der Waals surface area contributed by atoms with Gasteiger partial charge in [0.1, 0.15) is 17.4 Å². The number of ether oxygens (including phenoxy) is 1. The van der Waals surface area contributed by atoms with Crippen LogP contribution in [0.5, 0.6) is 0 Å². The number of aromatic nitrogens is 2. The Bertz CT molecular complexity index is 976. The molecular weight excluding hydrogens is 388 g/mol. The van der Waals surface area contributed by atoms with Gasteiger partial charge in [-0.05, 0) is 31.4 Å². The van der Waals surface area contributed by atoms with Gasteiger partial charge in [0.15, 0.2) is 0 Å². The van der Waals surface area contributed by atoms with Crippen LogP contribution in [0.1, 0.15) is 58.3 Å². The Morgan fingerprint density at radius 3 is 2.27 bits per heavy atom. The summed E-state index contributed by atoms with van der Waals surface area (Å²) >= 11 is 0. The molecule has 3 rings (SSSR count). The number of nitrogens with zero attached hydrogens (tertiary/aromatic N) is 3. The minimum atomic E-state index is -1.04. The molecule has 1 aliphatic rings. The lowest BCUT2D eigenvalue weighted by atomic mass is 10.0. The third-order valence-corrected chi connectivity index (χ3v) is 4.81. The van der Waals surface area contributed by atoms with E-state index in [0.29, 0.717) is 0 Å². The fourth-order valence-electron chi connectivity index (χ4n) is 3.41. The van der Waals surface area contributed by atoms with E-state index in [-0.39, 0.29) is 41.5 Å². The summed E-state index contributed by atoms with van der Waals surface area (Å²) in [6.45, 7) is 5.64. The molecule has 1 unspecified atom stereocenters. The zero-order valence-corrected chi connectivity index (χ0v) is 17.3. The van der Waals surface area contributed by atoms with Gasteiger partial charge in [0.05, 0.1) is 23.9 Å². The number of benzene rings is 1. The highest BCUT2D eigenvalue weighted by Crippen LogP contribution is 2.28. The number of amides is 3. The smallest absolute Gasteiger partial charge is 0.343 e. The number of hydrogen-bond acceptors (Lipinski definition) is 6. The van der Waals surface area contributed by atoms with Crippen molar-refractivity contribution < 1.29 is 23.9 Å². The SMILES string of the molecule is CCOC(=O)c1cnn(C)c1NC(=O)C(CC(C)C)N1C(=O)c2ccccc2C1=O. The lowest BCUT2D eigenvalue weighted by molar-refractivity contribution is -0.120. The van der Waals surface area contributed by atoms with Crippen LogP contribution in [-0.4, -0.2) is 51.0 Å². The highest BCUT2D eigenvalue weighted by Gasteiger charge is 2.43. The molecule has 1 aromatic heterocycles. The Balaban J connectivity index is 1.92. The molecule has 0 radical (unpaired) electrons. The molecule has 0 aliphatic carbocycles. The third-order valence-electron chi connectivity index (χ3n) is 4.81. The molecule has 1 N–H and O–H groups in total. The van der Waals surface area contributed by atoms with Crippen LogP contribution in [-0.2, 0) is 16.6 Å². The number of carbonyl (C=O) groups excluding carboxylic acids is 4. The molecule has 158 valence electrons. The quantitative estimate of drug-likeness (QED) is 0.552. The summed E-state index contributed by atoms with van der Waals surface area (Å²) in [6.07, 6.45) is 1.57. The standard InChI is InChI=1S/C21H24N4O5/c1-5-30-21(29)15-11-22-24(4)17(15)23-18(26)16(10-12(2)3)25-19(27)13-8-6-7-9-14(13)20(25)28/h6-9,11-12,16H,5,10H2,1-4H3,(H,23,26). The van der Waals surface area contributed by atoms with Crippen molar-refractivity contribution in [2.45, 2.75) is 33.2 Å². The maximum Gasteiger partial charge on any atom is 0.343 e. The Hall–Kier alpha value is -3.49. The highest BCUT2D eigenvalue weighted by molar-refractivity contribution is 6.23. The predicted molar refractivity (Wildman–Crippen MR) is 108 cm³/mol. The second-order valence-corrected chi connectivity index (χ2v) is 7.41. The van der Waals surface area contributed by atoms with Gasteiger partial charge in [0.25, 0.3) is 11.8 Å². The molecule has 9 nitrogen and oxygen atoms in total. The fraction of sp³-hybridized carbons (Fsp3) is 0.381. The lowest BCUT2D eigenvalue weighted by Gasteiger charge is -2.26. The molecule has 3 amide bonds. The summed E-state index contributed by atoms with van der Waals surface area (Å²) in [5.74, 6) is -2.04. The van der Waals surface area contributed by atoms with E-state index in [0.717, 1.165) is 4.90 Å². The minimum Gasteiger partial charge on any atom is -0.462 e. The van der Waals surface area contributed by atoms with Crippen molar-refractivity contribution >= 4 is 29.5 Å². The molecule has 0 spiro atoms. The second-order valence-electron chi connectivity index (χ2n) is 7.41. The van der Waals surface area contributed by atoms with Crippen LogP contribution in [0.3, 0.4) is 0 Å². The third kappa shape index (κ3) is 3.83. The number of nitrogens with one attached hydrogen (secondary N) is 1. The summed E-state index contributed by atoms with van der Waals surface area (Å²) < 4.78 is 6.33. The zero-order valence-electron chi connectivity index (χ0n) is 17.3. The number of hydrogen-bond donors (Lipinski definition) is 1. The second kappa shape index (κ2) is 8.48. The Labute approximate surface area is 174 Å². The van der Waals surface area contributed by atoms with Gasteiger partial charge in [-0.3, -0.25) is 24.0 Å². The Morgan fingerprint density at radius 1 is 1.13 bits per heavy atom. The van der Waals surface area contributed by atoms with Crippen molar-refractivity contribution in [3.05, 3.63) is 47.2 Å². The van der Waals surface area contributed by atoms with Gasteiger partial charge in [0.2, 0.25) is 5.91 Å². The molecule has 30 heavy (non-hydrogen) atoms. The topological polar surface area (TPSA) is 111 Å². The molecule has 0 saturated heterocycles. The number of aryl methyl sites for hydroxylation is 1. The number of anilines is 1. The first kappa shape index (κ1) is 21.2. The summed E-state index contributed by atoms with van der Waals surface area (Å²) in [5.41, 5.74) is 0.645. The predicted octanol–water partition coefficient (Wildman–Crippen LogP) is 2.25. The summed E-state index contributed by atoms with van der Waals surface area (Å²) in [7, 11) is 1.57. The Kier molecular flexibility index (Phi) is 6.00. The number of rotatable bonds is 7. The van der Waals surface area contributed by atoms with Crippen molar-refractivity contribution in [2.24, 2.45) is 13.0 Å². The average Bonchev–Trinajstić information content (AvgIpc) is 3.18. The first-order chi connectivity index (χ1) is 14.3. The molecule has 2 aromatic rings. The van der Waals surface area contributed by atoms with Crippen LogP contribution in [0.15, 0.2) is 30.5 Å². The molecule has 0 bridgehead atoms. The van der Waals surface area contributed by atoms with Crippen LogP contribution in [0, 0.1) is 5.92 Å². The molecule has 1 atom stereocenters. The first-order valence-corrected chi connectivity index (χ1v) is 9.73. The monoisotopic (exact) mass is 412 g/mol. The van der Waals surface area contributed by atoms with Gasteiger partial charge < -0.3 is 10.1 Å². The molecule has 9 heteroatoms. The van der Waals surface area contributed by atoms with E-state index in [4.69, 9.17) is 4.74 Å². The van der Waals surface area contributed by atoms with Gasteiger partial charge in [-0.1, -0.05) is 26.0 Å². The van der Waals surface area contributed by atoms with Crippen LogP contribution in [0.2, 0.25) is 0 Å². The number of esters is 1. The van der Waals surface area contributed by atoms with Crippen LogP contribution < -0.4 is 5.32 Å². The lowest BCUT2D eigenvalue weighted by Crippen LogP contribution is -2.48. The summed E-state index contributed by atoms with van der Waals surface area (Å²) in [6, 6.07) is 5.44. The molecule has 2 heterocycles.